The largest absolute Gasteiger partial charge is 0.383 e. The molecule has 0 amide bonds. The number of hydrogen-bond acceptors (Lipinski definition) is 5. The highest BCUT2D eigenvalue weighted by atomic mass is 19.1. The fourth-order valence-electron chi connectivity index (χ4n) is 1.89. The molecule has 1 N–H and O–H groups in total. The van der Waals surface area contributed by atoms with E-state index in [2.05, 4.69) is 15.3 Å². The van der Waals surface area contributed by atoms with Gasteiger partial charge in [0.1, 0.15) is 12.1 Å². The first-order valence-corrected chi connectivity index (χ1v) is 5.25. The molecule has 1 aromatic heterocycles. The number of aromatic nitrogens is 2. The molecule has 1 aliphatic rings. The first-order valence-electron chi connectivity index (χ1n) is 5.25. The minimum atomic E-state index is -0.500. The van der Waals surface area contributed by atoms with Crippen LogP contribution in [0.25, 0.3) is 0 Å². The maximum Gasteiger partial charge on any atom is 0.218 e. The second kappa shape index (κ2) is 5.18. The number of rotatable bonds is 3. The summed E-state index contributed by atoms with van der Waals surface area (Å²) >= 11 is 0. The second-order valence-electron chi connectivity index (χ2n) is 3.71. The molecule has 2 rings (SSSR count). The van der Waals surface area contributed by atoms with E-state index in [1.54, 1.807) is 7.11 Å². The maximum atomic E-state index is 13.0. The quantitative estimate of drug-likeness (QED) is 0.737. The summed E-state index contributed by atoms with van der Waals surface area (Å²) < 4.78 is 18.2. The van der Waals surface area contributed by atoms with E-state index in [9.17, 15) is 4.39 Å². The van der Waals surface area contributed by atoms with E-state index in [1.807, 2.05) is 4.90 Å². The van der Waals surface area contributed by atoms with Crippen molar-refractivity contribution in [1.29, 1.82) is 0 Å². The molecule has 0 aliphatic carbocycles. The van der Waals surface area contributed by atoms with Crippen LogP contribution < -0.4 is 10.2 Å². The van der Waals surface area contributed by atoms with Gasteiger partial charge in [-0.3, -0.25) is 0 Å². The smallest absolute Gasteiger partial charge is 0.218 e. The summed E-state index contributed by atoms with van der Waals surface area (Å²) in [7, 11) is 1.66. The van der Waals surface area contributed by atoms with Gasteiger partial charge in [0.2, 0.25) is 5.95 Å². The van der Waals surface area contributed by atoms with Crippen LogP contribution in [0.5, 0.6) is 0 Å². The van der Waals surface area contributed by atoms with Crippen LogP contribution in [0.1, 0.15) is 0 Å². The van der Waals surface area contributed by atoms with Crippen molar-refractivity contribution in [2.24, 2.45) is 0 Å². The summed E-state index contributed by atoms with van der Waals surface area (Å²) in [6, 6.07) is 1.54. The molecule has 0 unspecified atom stereocenters. The molecule has 5 nitrogen and oxygen atoms in total. The lowest BCUT2D eigenvalue weighted by molar-refractivity contribution is 0.170. The van der Waals surface area contributed by atoms with E-state index < -0.39 is 5.95 Å². The highest BCUT2D eigenvalue weighted by Crippen LogP contribution is 2.15. The van der Waals surface area contributed by atoms with Crippen LogP contribution in [0.2, 0.25) is 0 Å². The van der Waals surface area contributed by atoms with E-state index in [-0.39, 0.29) is 6.04 Å². The Kier molecular flexibility index (Phi) is 3.63. The van der Waals surface area contributed by atoms with E-state index >= 15 is 0 Å². The average Bonchev–Trinajstić information content (AvgIpc) is 2.30. The summed E-state index contributed by atoms with van der Waals surface area (Å²) in [6.07, 6.45) is 1.25. The molecule has 0 spiro atoms. The zero-order chi connectivity index (χ0) is 11.4. The van der Waals surface area contributed by atoms with Gasteiger partial charge in [-0.15, -0.1) is 0 Å². The van der Waals surface area contributed by atoms with Crippen molar-refractivity contribution in [2.45, 2.75) is 6.04 Å². The molecule has 2 heterocycles. The van der Waals surface area contributed by atoms with Gasteiger partial charge in [0.05, 0.1) is 12.6 Å². The van der Waals surface area contributed by atoms with Crippen molar-refractivity contribution in [3.63, 3.8) is 0 Å². The highest BCUT2D eigenvalue weighted by molar-refractivity contribution is 5.39. The molecular formula is C10H15FN4O. The van der Waals surface area contributed by atoms with Crippen molar-refractivity contribution in [2.75, 3.05) is 38.3 Å². The van der Waals surface area contributed by atoms with Crippen LogP contribution in [-0.2, 0) is 4.74 Å². The Balaban J connectivity index is 2.16. The summed E-state index contributed by atoms with van der Waals surface area (Å²) in [6.45, 7) is 3.08. The molecule has 6 heteroatoms. The maximum absolute atomic E-state index is 13.0. The number of halogens is 1. The number of methoxy groups -OCH3 is 1. The fourth-order valence-corrected chi connectivity index (χ4v) is 1.89. The summed E-state index contributed by atoms with van der Waals surface area (Å²) in [4.78, 5) is 9.59. The van der Waals surface area contributed by atoms with Crippen LogP contribution in [0.3, 0.4) is 0 Å². The second-order valence-corrected chi connectivity index (χ2v) is 3.71. The average molecular weight is 226 g/mol. The molecule has 16 heavy (non-hydrogen) atoms. The summed E-state index contributed by atoms with van der Waals surface area (Å²) in [5.74, 6) is 0.121. The zero-order valence-corrected chi connectivity index (χ0v) is 9.19. The first-order chi connectivity index (χ1) is 7.81. The van der Waals surface area contributed by atoms with Crippen molar-refractivity contribution in [1.82, 2.24) is 15.3 Å². The van der Waals surface area contributed by atoms with Crippen molar-refractivity contribution in [3.8, 4) is 0 Å². The summed E-state index contributed by atoms with van der Waals surface area (Å²) in [5.41, 5.74) is 0. The third-order valence-electron chi connectivity index (χ3n) is 2.62. The molecular weight excluding hydrogens is 211 g/mol. The lowest BCUT2D eigenvalue weighted by atomic mass is 10.2. The number of anilines is 1. The molecule has 1 fully saturated rings. The van der Waals surface area contributed by atoms with Crippen LogP contribution >= 0.6 is 0 Å². The Morgan fingerprint density at radius 1 is 1.62 bits per heavy atom. The minimum absolute atomic E-state index is 0.188. The Hall–Kier alpha value is -1.27. The lowest BCUT2D eigenvalue weighted by Crippen LogP contribution is -2.53. The monoisotopic (exact) mass is 226 g/mol. The Bertz CT molecular complexity index is 347. The van der Waals surface area contributed by atoms with Gasteiger partial charge in [0, 0.05) is 32.8 Å². The van der Waals surface area contributed by atoms with Gasteiger partial charge < -0.3 is 15.0 Å². The molecule has 1 aromatic rings. The Labute approximate surface area is 93.6 Å². The SMILES string of the molecule is COC[C@H]1CNCCN1c1cc(F)ncn1. The Morgan fingerprint density at radius 2 is 2.50 bits per heavy atom. The van der Waals surface area contributed by atoms with Gasteiger partial charge in [-0.25, -0.2) is 9.97 Å². The van der Waals surface area contributed by atoms with Crippen molar-refractivity contribution >= 4 is 5.82 Å². The fraction of sp³-hybridized carbons (Fsp3) is 0.600. The summed E-state index contributed by atoms with van der Waals surface area (Å²) in [5, 5.41) is 3.28. The van der Waals surface area contributed by atoms with E-state index in [0.717, 1.165) is 19.6 Å². The van der Waals surface area contributed by atoms with Crippen molar-refractivity contribution in [3.05, 3.63) is 18.3 Å². The molecule has 1 atom stereocenters. The molecule has 0 radical (unpaired) electrons. The number of nitrogens with zero attached hydrogens (tertiary/aromatic N) is 3. The number of ether oxygens (including phenoxy) is 1. The molecule has 0 bridgehead atoms. The number of piperazine rings is 1. The van der Waals surface area contributed by atoms with E-state index in [1.165, 1.54) is 12.4 Å². The lowest BCUT2D eigenvalue weighted by Gasteiger charge is -2.36. The normalized spacial score (nSPS) is 21.1. The van der Waals surface area contributed by atoms with Crippen LogP contribution in [0.4, 0.5) is 10.2 Å². The molecule has 0 aromatic carbocycles. The zero-order valence-electron chi connectivity index (χ0n) is 9.19. The third-order valence-corrected chi connectivity index (χ3v) is 2.62. The standard InChI is InChI=1S/C10H15FN4O/c1-16-6-8-5-12-2-3-15(8)10-4-9(11)13-7-14-10/h4,7-8,12H,2-3,5-6H2,1H3/t8-/m1/s1. The molecule has 0 saturated carbocycles. The van der Waals surface area contributed by atoms with Gasteiger partial charge in [0.25, 0.3) is 0 Å². The van der Waals surface area contributed by atoms with Gasteiger partial charge >= 0.3 is 0 Å². The molecule has 1 aliphatic heterocycles. The first kappa shape index (κ1) is 11.2. The topological polar surface area (TPSA) is 50.3 Å². The van der Waals surface area contributed by atoms with E-state index in [4.69, 9.17) is 4.74 Å². The highest BCUT2D eigenvalue weighted by Gasteiger charge is 2.23. The minimum Gasteiger partial charge on any atom is -0.383 e. The molecule has 88 valence electrons. The van der Waals surface area contributed by atoms with Gasteiger partial charge in [-0.1, -0.05) is 0 Å². The number of hydrogen-bond donors (Lipinski definition) is 1. The predicted molar refractivity (Wildman–Crippen MR) is 57.9 cm³/mol. The number of nitrogens with one attached hydrogen (secondary N) is 1. The van der Waals surface area contributed by atoms with Gasteiger partial charge in [-0.05, 0) is 0 Å². The van der Waals surface area contributed by atoms with Crippen LogP contribution in [-0.4, -0.2) is 49.4 Å². The molecule has 1 saturated heterocycles. The van der Waals surface area contributed by atoms with Gasteiger partial charge in [0.15, 0.2) is 0 Å². The van der Waals surface area contributed by atoms with Crippen molar-refractivity contribution < 1.29 is 9.13 Å². The Morgan fingerprint density at radius 3 is 3.25 bits per heavy atom. The van der Waals surface area contributed by atoms with Crippen LogP contribution in [0, 0.1) is 5.95 Å². The van der Waals surface area contributed by atoms with Gasteiger partial charge in [-0.2, -0.15) is 4.39 Å². The van der Waals surface area contributed by atoms with Crippen LogP contribution in [0.15, 0.2) is 12.4 Å². The predicted octanol–water partition coefficient (Wildman–Crippen LogP) is 0.0403. The third kappa shape index (κ3) is 2.45. The van der Waals surface area contributed by atoms with E-state index in [0.29, 0.717) is 12.4 Å².